The molecule has 3 nitrogen and oxygen atoms in total. The van der Waals surface area contributed by atoms with Crippen LogP contribution in [-0.4, -0.2) is 7.11 Å². The average molecular weight is 413 g/mol. The minimum Gasteiger partial charge on any atom is -0.496 e. The first-order valence-corrected chi connectivity index (χ1v) is 8.22. The standard InChI is InChI=1S/C16H15Br2NO2/c1-20-14-5-2-9(6-12(14)18)15-8-13(19)11-4-3-10(17)7-16(11)21-15/h2-7,13,15H,8,19H2,1H3. The van der Waals surface area contributed by atoms with Crippen LogP contribution < -0.4 is 15.2 Å². The summed E-state index contributed by atoms with van der Waals surface area (Å²) in [6.07, 6.45) is 0.705. The summed E-state index contributed by atoms with van der Waals surface area (Å²) < 4.78 is 13.3. The van der Waals surface area contributed by atoms with E-state index in [0.717, 1.165) is 38.0 Å². The van der Waals surface area contributed by atoms with Crippen molar-refractivity contribution in [3.05, 3.63) is 56.5 Å². The fourth-order valence-corrected chi connectivity index (χ4v) is 3.46. The van der Waals surface area contributed by atoms with Gasteiger partial charge in [0.2, 0.25) is 0 Å². The molecule has 0 fully saturated rings. The monoisotopic (exact) mass is 411 g/mol. The fraction of sp³-hybridized carbons (Fsp3) is 0.250. The number of nitrogens with two attached hydrogens (primary N) is 1. The molecule has 2 unspecified atom stereocenters. The maximum Gasteiger partial charge on any atom is 0.133 e. The summed E-state index contributed by atoms with van der Waals surface area (Å²) in [4.78, 5) is 0. The summed E-state index contributed by atoms with van der Waals surface area (Å²) in [6.45, 7) is 0. The van der Waals surface area contributed by atoms with Gasteiger partial charge in [-0.1, -0.05) is 28.1 Å². The zero-order valence-electron chi connectivity index (χ0n) is 11.5. The molecule has 0 radical (unpaired) electrons. The molecule has 0 spiro atoms. The number of methoxy groups -OCH3 is 1. The lowest BCUT2D eigenvalue weighted by molar-refractivity contribution is 0.161. The molecular formula is C16H15Br2NO2. The number of hydrogen-bond donors (Lipinski definition) is 1. The van der Waals surface area contributed by atoms with Gasteiger partial charge in [0.25, 0.3) is 0 Å². The molecule has 1 aliphatic heterocycles. The first kappa shape index (κ1) is 14.9. The van der Waals surface area contributed by atoms with Crippen molar-refractivity contribution in [3.8, 4) is 11.5 Å². The van der Waals surface area contributed by atoms with E-state index < -0.39 is 0 Å². The largest absolute Gasteiger partial charge is 0.496 e. The van der Waals surface area contributed by atoms with Gasteiger partial charge in [0.15, 0.2) is 0 Å². The van der Waals surface area contributed by atoms with Gasteiger partial charge in [-0.3, -0.25) is 0 Å². The highest BCUT2D eigenvalue weighted by Gasteiger charge is 2.27. The maximum absolute atomic E-state index is 6.29. The Hall–Kier alpha value is -1.04. The Kier molecular flexibility index (Phi) is 4.24. The van der Waals surface area contributed by atoms with Crippen molar-refractivity contribution in [3.63, 3.8) is 0 Å². The van der Waals surface area contributed by atoms with Crippen LogP contribution in [0.2, 0.25) is 0 Å². The van der Waals surface area contributed by atoms with Crippen molar-refractivity contribution < 1.29 is 9.47 Å². The van der Waals surface area contributed by atoms with Crippen LogP contribution in [0.3, 0.4) is 0 Å². The Morgan fingerprint density at radius 2 is 2.00 bits per heavy atom. The lowest BCUT2D eigenvalue weighted by Crippen LogP contribution is -2.24. The van der Waals surface area contributed by atoms with Gasteiger partial charge in [-0.2, -0.15) is 0 Å². The molecule has 0 amide bonds. The molecule has 1 heterocycles. The van der Waals surface area contributed by atoms with Crippen LogP contribution in [0.25, 0.3) is 0 Å². The average Bonchev–Trinajstić information content (AvgIpc) is 2.46. The van der Waals surface area contributed by atoms with Crippen molar-refractivity contribution in [1.82, 2.24) is 0 Å². The summed E-state index contributed by atoms with van der Waals surface area (Å²) in [6, 6.07) is 11.9. The second-order valence-corrected chi connectivity index (χ2v) is 6.79. The minimum absolute atomic E-state index is 0.0206. The molecule has 0 saturated heterocycles. The normalized spacial score (nSPS) is 20.6. The van der Waals surface area contributed by atoms with Gasteiger partial charge < -0.3 is 15.2 Å². The SMILES string of the molecule is COc1ccc(C2CC(N)c3ccc(Br)cc3O2)cc1Br. The Morgan fingerprint density at radius 1 is 1.19 bits per heavy atom. The van der Waals surface area contributed by atoms with Gasteiger partial charge in [-0.05, 0) is 45.8 Å². The van der Waals surface area contributed by atoms with E-state index in [4.69, 9.17) is 15.2 Å². The van der Waals surface area contributed by atoms with E-state index in [1.54, 1.807) is 7.11 Å². The fourth-order valence-electron chi connectivity index (χ4n) is 2.56. The number of fused-ring (bicyclic) bond motifs is 1. The third-order valence-electron chi connectivity index (χ3n) is 3.66. The minimum atomic E-state index is -0.0518. The first-order chi connectivity index (χ1) is 10.1. The van der Waals surface area contributed by atoms with Gasteiger partial charge in [-0.15, -0.1) is 0 Å². The van der Waals surface area contributed by atoms with Gasteiger partial charge in [0, 0.05) is 22.5 Å². The molecule has 2 atom stereocenters. The van der Waals surface area contributed by atoms with Gasteiger partial charge in [0.1, 0.15) is 17.6 Å². The molecule has 110 valence electrons. The molecule has 2 aromatic carbocycles. The Labute approximate surface area is 140 Å². The van der Waals surface area contributed by atoms with Crippen molar-refractivity contribution in [2.24, 2.45) is 5.73 Å². The topological polar surface area (TPSA) is 44.5 Å². The predicted molar refractivity (Wildman–Crippen MR) is 89.8 cm³/mol. The van der Waals surface area contributed by atoms with Crippen LogP contribution >= 0.6 is 31.9 Å². The first-order valence-electron chi connectivity index (χ1n) is 6.63. The molecule has 0 aromatic heterocycles. The number of ether oxygens (including phenoxy) is 2. The van der Waals surface area contributed by atoms with E-state index in [1.165, 1.54) is 0 Å². The van der Waals surface area contributed by atoms with Crippen LogP contribution in [0.4, 0.5) is 0 Å². The van der Waals surface area contributed by atoms with E-state index in [-0.39, 0.29) is 12.1 Å². The number of benzene rings is 2. The summed E-state index contributed by atoms with van der Waals surface area (Å²) in [5.74, 6) is 1.65. The smallest absolute Gasteiger partial charge is 0.133 e. The summed E-state index contributed by atoms with van der Waals surface area (Å²) in [7, 11) is 1.65. The Morgan fingerprint density at radius 3 is 2.71 bits per heavy atom. The van der Waals surface area contributed by atoms with Crippen LogP contribution in [0.15, 0.2) is 45.3 Å². The van der Waals surface area contributed by atoms with E-state index in [1.807, 2.05) is 36.4 Å². The Balaban J connectivity index is 1.93. The lowest BCUT2D eigenvalue weighted by Gasteiger charge is -2.31. The zero-order valence-corrected chi connectivity index (χ0v) is 14.6. The van der Waals surface area contributed by atoms with E-state index in [2.05, 4.69) is 31.9 Å². The van der Waals surface area contributed by atoms with E-state index in [0.29, 0.717) is 0 Å². The summed E-state index contributed by atoms with van der Waals surface area (Å²) in [5.41, 5.74) is 8.43. The van der Waals surface area contributed by atoms with E-state index >= 15 is 0 Å². The second kappa shape index (κ2) is 5.99. The van der Waals surface area contributed by atoms with Crippen molar-refractivity contribution in [1.29, 1.82) is 0 Å². The molecule has 1 aliphatic rings. The van der Waals surface area contributed by atoms with Crippen LogP contribution in [0, 0.1) is 0 Å². The van der Waals surface area contributed by atoms with E-state index in [9.17, 15) is 0 Å². The molecule has 2 aromatic rings. The van der Waals surface area contributed by atoms with Crippen LogP contribution in [0.1, 0.15) is 29.7 Å². The molecule has 5 heteroatoms. The van der Waals surface area contributed by atoms with Gasteiger partial charge in [-0.25, -0.2) is 0 Å². The molecule has 2 N–H and O–H groups in total. The highest BCUT2D eigenvalue weighted by molar-refractivity contribution is 9.10. The molecule has 0 aliphatic carbocycles. The second-order valence-electron chi connectivity index (χ2n) is 5.02. The number of rotatable bonds is 2. The van der Waals surface area contributed by atoms with Crippen LogP contribution in [-0.2, 0) is 0 Å². The molecule has 3 rings (SSSR count). The summed E-state index contributed by atoms with van der Waals surface area (Å²) >= 11 is 6.99. The maximum atomic E-state index is 6.29. The molecule has 0 bridgehead atoms. The molecular weight excluding hydrogens is 398 g/mol. The quantitative estimate of drug-likeness (QED) is 0.774. The van der Waals surface area contributed by atoms with Gasteiger partial charge >= 0.3 is 0 Å². The highest BCUT2D eigenvalue weighted by Crippen LogP contribution is 2.41. The Bertz CT molecular complexity index is 675. The summed E-state index contributed by atoms with van der Waals surface area (Å²) in [5, 5.41) is 0. The highest BCUT2D eigenvalue weighted by atomic mass is 79.9. The third kappa shape index (κ3) is 2.96. The molecule has 0 saturated carbocycles. The van der Waals surface area contributed by atoms with Crippen molar-refractivity contribution in [2.75, 3.05) is 7.11 Å². The van der Waals surface area contributed by atoms with Crippen molar-refractivity contribution in [2.45, 2.75) is 18.6 Å². The molecule has 21 heavy (non-hydrogen) atoms. The zero-order chi connectivity index (χ0) is 15.0. The predicted octanol–water partition coefficient (Wildman–Crippen LogP) is 4.74. The number of hydrogen-bond acceptors (Lipinski definition) is 3. The van der Waals surface area contributed by atoms with Crippen LogP contribution in [0.5, 0.6) is 11.5 Å². The van der Waals surface area contributed by atoms with Crippen molar-refractivity contribution >= 4 is 31.9 Å². The van der Waals surface area contributed by atoms with Gasteiger partial charge in [0.05, 0.1) is 11.6 Å². The third-order valence-corrected chi connectivity index (χ3v) is 4.77. The number of halogens is 2. The lowest BCUT2D eigenvalue weighted by atomic mass is 9.93.